The summed E-state index contributed by atoms with van der Waals surface area (Å²) in [6, 6.07) is 6.41. The maximum Gasteiger partial charge on any atom is 0.410 e. The Hall–Kier alpha value is -2.78. The van der Waals surface area contributed by atoms with Crippen molar-refractivity contribution in [2.24, 2.45) is 22.6 Å². The first kappa shape index (κ1) is 30.7. The van der Waals surface area contributed by atoms with Gasteiger partial charge in [0.2, 0.25) is 0 Å². The van der Waals surface area contributed by atoms with Crippen LogP contribution >= 0.6 is 0 Å². The van der Waals surface area contributed by atoms with E-state index in [4.69, 9.17) is 29.9 Å². The van der Waals surface area contributed by atoms with Gasteiger partial charge in [-0.1, -0.05) is 32.9 Å². The summed E-state index contributed by atoms with van der Waals surface area (Å²) in [5, 5.41) is 0.230. The van der Waals surface area contributed by atoms with E-state index in [1.54, 1.807) is 4.90 Å². The van der Waals surface area contributed by atoms with Gasteiger partial charge in [-0.25, -0.2) is 9.78 Å². The summed E-state index contributed by atoms with van der Waals surface area (Å²) in [7, 11) is -1.72. The molecule has 3 fully saturated rings. The molecule has 1 aromatic carbocycles. The predicted octanol–water partition coefficient (Wildman–Crippen LogP) is 6.92. The average molecular weight is 592 g/mol. The molecule has 5 rings (SSSR count). The van der Waals surface area contributed by atoms with E-state index in [2.05, 4.69) is 39.9 Å². The third-order valence-electron chi connectivity index (χ3n) is 9.29. The van der Waals surface area contributed by atoms with Crippen molar-refractivity contribution in [3.05, 3.63) is 41.4 Å². The Morgan fingerprint density at radius 3 is 2.45 bits per heavy atom. The third kappa shape index (κ3) is 6.88. The van der Waals surface area contributed by atoms with Crippen LogP contribution < -0.4 is 5.73 Å². The summed E-state index contributed by atoms with van der Waals surface area (Å²) in [5.41, 5.74) is 11.5. The monoisotopic (exact) mass is 591 g/mol. The third-order valence-corrected chi connectivity index (χ3v) is 13.8. The van der Waals surface area contributed by atoms with E-state index in [1.807, 2.05) is 45.3 Å². The lowest BCUT2D eigenvalue weighted by Crippen LogP contribution is -2.50. The standard InChI is InChI=1S/C33H49N5O3Si/c1-32(2,3)41-31(39)38-18-23(19-38)25-10-9-11-27-30(25)36-17-28(37-27)26(29(34)22-12-13-22)16-35-24-14-21(15-24)20-40-42(7,8)33(4,5)6/h9-11,16-17,21-24H,12-15,18-20,34H2,1-8H3. The van der Waals surface area contributed by atoms with E-state index >= 15 is 0 Å². The molecule has 1 aliphatic heterocycles. The van der Waals surface area contributed by atoms with E-state index in [1.165, 1.54) is 0 Å². The van der Waals surface area contributed by atoms with Gasteiger partial charge in [-0.05, 0) is 88.1 Å². The van der Waals surface area contributed by atoms with Gasteiger partial charge in [0, 0.05) is 43.1 Å². The van der Waals surface area contributed by atoms with Gasteiger partial charge >= 0.3 is 6.09 Å². The van der Waals surface area contributed by atoms with Gasteiger partial charge in [-0.15, -0.1) is 0 Å². The molecule has 0 radical (unpaired) electrons. The molecule has 0 atom stereocenters. The minimum Gasteiger partial charge on any atom is -0.444 e. The first-order chi connectivity index (χ1) is 19.6. The van der Waals surface area contributed by atoms with E-state index in [0.717, 1.165) is 65.9 Å². The summed E-state index contributed by atoms with van der Waals surface area (Å²) < 4.78 is 12.0. The number of carbonyl (C=O) groups excluding carboxylic acids is 1. The van der Waals surface area contributed by atoms with Crippen LogP contribution in [0.3, 0.4) is 0 Å². The number of fused-ring (bicyclic) bond motifs is 1. The summed E-state index contributed by atoms with van der Waals surface area (Å²) in [6.07, 6.45) is 7.85. The van der Waals surface area contributed by atoms with Crippen molar-refractivity contribution in [3.8, 4) is 0 Å². The highest BCUT2D eigenvalue weighted by Crippen LogP contribution is 2.40. The first-order valence-electron chi connectivity index (χ1n) is 15.5. The molecule has 228 valence electrons. The highest BCUT2D eigenvalue weighted by Gasteiger charge is 2.39. The zero-order valence-electron chi connectivity index (χ0n) is 26.7. The van der Waals surface area contributed by atoms with Crippen molar-refractivity contribution in [2.75, 3.05) is 19.7 Å². The molecule has 2 aliphatic carbocycles. The second-order valence-corrected chi connectivity index (χ2v) is 19.8. The lowest BCUT2D eigenvalue weighted by atomic mass is 9.81. The van der Waals surface area contributed by atoms with Gasteiger partial charge < -0.3 is 19.8 Å². The molecule has 2 heterocycles. The van der Waals surface area contributed by atoms with E-state index in [0.29, 0.717) is 31.0 Å². The van der Waals surface area contributed by atoms with Gasteiger partial charge in [0.1, 0.15) is 5.60 Å². The van der Waals surface area contributed by atoms with Gasteiger partial charge in [-0.2, -0.15) is 0 Å². The topological polar surface area (TPSA) is 103 Å². The summed E-state index contributed by atoms with van der Waals surface area (Å²) >= 11 is 0. The Balaban J connectivity index is 1.26. The molecule has 2 saturated carbocycles. The van der Waals surface area contributed by atoms with Crippen molar-refractivity contribution < 1.29 is 14.0 Å². The molecule has 1 saturated heterocycles. The van der Waals surface area contributed by atoms with Gasteiger partial charge in [0.05, 0.1) is 29.0 Å². The van der Waals surface area contributed by atoms with Gasteiger partial charge in [0.25, 0.3) is 0 Å². The van der Waals surface area contributed by atoms with Crippen molar-refractivity contribution in [1.82, 2.24) is 14.9 Å². The fraction of sp³-hybridized carbons (Fsp3) is 0.636. The van der Waals surface area contributed by atoms with Crippen molar-refractivity contribution in [1.29, 1.82) is 0 Å². The Morgan fingerprint density at radius 2 is 1.83 bits per heavy atom. The largest absolute Gasteiger partial charge is 0.444 e. The number of likely N-dealkylation sites (tertiary alicyclic amines) is 1. The van der Waals surface area contributed by atoms with E-state index in [-0.39, 0.29) is 17.0 Å². The molecule has 42 heavy (non-hydrogen) atoms. The summed E-state index contributed by atoms with van der Waals surface area (Å²) in [4.78, 5) is 29.0. The number of allylic oxidation sites excluding steroid dienone is 2. The number of aliphatic imine (C=N–C) groups is 1. The number of ether oxygens (including phenoxy) is 1. The lowest BCUT2D eigenvalue weighted by molar-refractivity contribution is 0.00828. The number of benzene rings is 1. The molecule has 2 N–H and O–H groups in total. The maximum atomic E-state index is 12.4. The minimum absolute atomic E-state index is 0.210. The van der Waals surface area contributed by atoms with E-state index < -0.39 is 13.9 Å². The van der Waals surface area contributed by atoms with Crippen LogP contribution in [0.5, 0.6) is 0 Å². The smallest absolute Gasteiger partial charge is 0.410 e. The molecule has 0 bridgehead atoms. The van der Waals surface area contributed by atoms with Crippen LogP contribution in [0.25, 0.3) is 16.6 Å². The number of carbonyl (C=O) groups is 1. The van der Waals surface area contributed by atoms with Crippen LogP contribution in [0.4, 0.5) is 4.79 Å². The quantitative estimate of drug-likeness (QED) is 0.264. The van der Waals surface area contributed by atoms with Gasteiger partial charge in [-0.3, -0.25) is 9.98 Å². The number of rotatable bonds is 8. The molecule has 2 aromatic rings. The average Bonchev–Trinajstić information content (AvgIpc) is 3.67. The molecule has 9 heteroatoms. The maximum absolute atomic E-state index is 12.4. The fourth-order valence-corrected chi connectivity index (χ4v) is 6.34. The first-order valence-corrected chi connectivity index (χ1v) is 18.4. The van der Waals surface area contributed by atoms with E-state index in [9.17, 15) is 4.79 Å². The molecule has 1 aromatic heterocycles. The Bertz CT molecular complexity index is 1370. The molecule has 3 aliphatic rings. The Morgan fingerprint density at radius 1 is 1.14 bits per heavy atom. The van der Waals surface area contributed by atoms with Crippen molar-refractivity contribution >= 4 is 37.2 Å². The second kappa shape index (κ2) is 11.4. The van der Waals surface area contributed by atoms with Crippen molar-refractivity contribution in [3.63, 3.8) is 0 Å². The molecule has 8 nitrogen and oxygen atoms in total. The molecule has 0 spiro atoms. The van der Waals surface area contributed by atoms with Crippen LogP contribution in [0.2, 0.25) is 18.1 Å². The molecular weight excluding hydrogens is 542 g/mol. The normalized spacial score (nSPS) is 22.6. The number of hydrogen-bond acceptors (Lipinski definition) is 7. The SMILES string of the molecule is CC(C)(C)OC(=O)N1CC(c2cccc3nc(C(C=NC4CC(CO[Si](C)(C)C(C)(C)C)C4)=C(N)C4CC4)cnc23)C1. The number of amides is 1. The zero-order valence-corrected chi connectivity index (χ0v) is 27.7. The zero-order chi connectivity index (χ0) is 30.4. The second-order valence-electron chi connectivity index (χ2n) is 15.0. The Labute approximate surface area is 252 Å². The number of nitrogens with zero attached hydrogens (tertiary/aromatic N) is 4. The lowest BCUT2D eigenvalue weighted by Gasteiger charge is -2.40. The van der Waals surface area contributed by atoms with Crippen LogP contribution in [-0.4, -0.2) is 66.8 Å². The predicted molar refractivity (Wildman–Crippen MR) is 172 cm³/mol. The molecular formula is C33H49N5O3Si. The Kier molecular flexibility index (Phi) is 8.31. The number of hydrogen-bond donors (Lipinski definition) is 1. The minimum atomic E-state index is -1.72. The number of aromatic nitrogens is 2. The van der Waals surface area contributed by atoms with Gasteiger partial charge in [0.15, 0.2) is 8.32 Å². The van der Waals surface area contributed by atoms with Crippen LogP contribution in [0, 0.1) is 11.8 Å². The van der Waals surface area contributed by atoms with Crippen LogP contribution in [0.15, 0.2) is 35.1 Å². The number of para-hydroxylation sites is 1. The summed E-state index contributed by atoms with van der Waals surface area (Å²) in [5.74, 6) is 1.18. The van der Waals surface area contributed by atoms with Crippen LogP contribution in [0.1, 0.15) is 84.4 Å². The number of nitrogens with two attached hydrogens (primary N) is 1. The van der Waals surface area contributed by atoms with Crippen LogP contribution in [-0.2, 0) is 9.16 Å². The van der Waals surface area contributed by atoms with Crippen molar-refractivity contribution in [2.45, 2.75) is 103 Å². The highest BCUT2D eigenvalue weighted by atomic mass is 28.4. The fourth-order valence-electron chi connectivity index (χ4n) is 5.26. The molecule has 1 amide bonds. The summed E-state index contributed by atoms with van der Waals surface area (Å²) in [6.45, 7) is 19.2. The molecule has 0 unspecified atom stereocenters. The highest BCUT2D eigenvalue weighted by molar-refractivity contribution is 6.74.